The van der Waals surface area contributed by atoms with E-state index in [0.717, 1.165) is 13.2 Å². The van der Waals surface area contributed by atoms with Gasteiger partial charge in [0, 0.05) is 25.0 Å². The molecule has 0 aromatic carbocycles. The van der Waals surface area contributed by atoms with E-state index in [9.17, 15) is 0 Å². The van der Waals surface area contributed by atoms with E-state index in [1.807, 2.05) is 19.6 Å². The Morgan fingerprint density at radius 3 is 3.06 bits per heavy atom. The number of imidazole rings is 1. The zero-order chi connectivity index (χ0) is 11.2. The zero-order valence-corrected chi connectivity index (χ0v) is 9.93. The number of likely N-dealkylation sites (N-methyl/N-ethyl adjacent to an activating group) is 1. The van der Waals surface area contributed by atoms with Crippen LogP contribution in [0.4, 0.5) is 0 Å². The van der Waals surface area contributed by atoms with Gasteiger partial charge in [-0.3, -0.25) is 0 Å². The van der Waals surface area contributed by atoms with Crippen LogP contribution in [0, 0.1) is 0 Å². The van der Waals surface area contributed by atoms with Crippen molar-refractivity contribution in [2.45, 2.75) is 44.4 Å². The summed E-state index contributed by atoms with van der Waals surface area (Å²) in [5, 5.41) is 3.35. The van der Waals surface area contributed by atoms with Crippen molar-refractivity contribution in [3.05, 3.63) is 18.7 Å². The molecular weight excluding hydrogens is 202 g/mol. The van der Waals surface area contributed by atoms with Crippen LogP contribution in [-0.4, -0.2) is 35.4 Å². The summed E-state index contributed by atoms with van der Waals surface area (Å²) >= 11 is 0. The lowest BCUT2D eigenvalue weighted by atomic mass is 9.92. The summed E-state index contributed by atoms with van der Waals surface area (Å²) in [6.07, 6.45) is 11.1. The Morgan fingerprint density at radius 1 is 1.44 bits per heavy atom. The van der Waals surface area contributed by atoms with Crippen molar-refractivity contribution in [1.29, 1.82) is 0 Å². The van der Waals surface area contributed by atoms with Crippen molar-refractivity contribution in [2.24, 2.45) is 0 Å². The molecule has 0 spiro atoms. The van der Waals surface area contributed by atoms with Crippen LogP contribution in [-0.2, 0) is 11.3 Å². The third-order valence-electron chi connectivity index (χ3n) is 3.31. The SMILES string of the molecule is CNC1CCCCC1OCCn1ccnc1. The molecule has 16 heavy (non-hydrogen) atoms. The predicted molar refractivity (Wildman–Crippen MR) is 63.3 cm³/mol. The maximum atomic E-state index is 5.95. The Morgan fingerprint density at radius 2 is 2.31 bits per heavy atom. The van der Waals surface area contributed by atoms with E-state index in [0.29, 0.717) is 12.1 Å². The maximum Gasteiger partial charge on any atom is 0.0946 e. The molecule has 1 aliphatic rings. The highest BCUT2D eigenvalue weighted by atomic mass is 16.5. The molecular formula is C12H21N3O. The summed E-state index contributed by atoms with van der Waals surface area (Å²) < 4.78 is 8.00. The van der Waals surface area contributed by atoms with Gasteiger partial charge in [0.2, 0.25) is 0 Å². The Hall–Kier alpha value is -0.870. The first kappa shape index (κ1) is 11.6. The van der Waals surface area contributed by atoms with E-state index in [4.69, 9.17) is 4.74 Å². The van der Waals surface area contributed by atoms with Crippen molar-refractivity contribution in [1.82, 2.24) is 14.9 Å². The number of ether oxygens (including phenoxy) is 1. The van der Waals surface area contributed by atoms with Crippen molar-refractivity contribution < 1.29 is 4.74 Å². The molecule has 0 radical (unpaired) electrons. The summed E-state index contributed by atoms with van der Waals surface area (Å²) in [7, 11) is 2.03. The van der Waals surface area contributed by atoms with Gasteiger partial charge in [-0.15, -0.1) is 0 Å². The highest BCUT2D eigenvalue weighted by Crippen LogP contribution is 2.20. The second-order valence-electron chi connectivity index (χ2n) is 4.39. The Balaban J connectivity index is 1.71. The van der Waals surface area contributed by atoms with E-state index in [1.54, 1.807) is 6.20 Å². The van der Waals surface area contributed by atoms with Gasteiger partial charge < -0.3 is 14.6 Å². The fourth-order valence-corrected chi connectivity index (χ4v) is 2.36. The molecule has 2 atom stereocenters. The van der Waals surface area contributed by atoms with Crippen LogP contribution < -0.4 is 5.32 Å². The van der Waals surface area contributed by atoms with Gasteiger partial charge >= 0.3 is 0 Å². The molecule has 4 nitrogen and oxygen atoms in total. The van der Waals surface area contributed by atoms with E-state index in [2.05, 4.69) is 14.9 Å². The van der Waals surface area contributed by atoms with Crippen LogP contribution in [0.5, 0.6) is 0 Å². The minimum atomic E-state index is 0.391. The number of hydrogen-bond acceptors (Lipinski definition) is 3. The highest BCUT2D eigenvalue weighted by Gasteiger charge is 2.23. The zero-order valence-electron chi connectivity index (χ0n) is 9.93. The molecule has 1 N–H and O–H groups in total. The number of nitrogens with one attached hydrogen (secondary N) is 1. The van der Waals surface area contributed by atoms with E-state index < -0.39 is 0 Å². The highest BCUT2D eigenvalue weighted by molar-refractivity contribution is 4.80. The molecule has 4 heteroatoms. The molecule has 1 aliphatic carbocycles. The minimum absolute atomic E-state index is 0.391. The third kappa shape index (κ3) is 3.06. The minimum Gasteiger partial charge on any atom is -0.375 e. The smallest absolute Gasteiger partial charge is 0.0946 e. The lowest BCUT2D eigenvalue weighted by Gasteiger charge is -2.31. The molecule has 0 bridgehead atoms. The van der Waals surface area contributed by atoms with Crippen LogP contribution in [0.1, 0.15) is 25.7 Å². The Kier molecular flexibility index (Phi) is 4.36. The molecule has 1 aromatic rings. The number of hydrogen-bond donors (Lipinski definition) is 1. The summed E-state index contributed by atoms with van der Waals surface area (Å²) in [5.41, 5.74) is 0. The quantitative estimate of drug-likeness (QED) is 0.820. The summed E-state index contributed by atoms with van der Waals surface area (Å²) in [6.45, 7) is 1.67. The molecule has 1 saturated carbocycles. The van der Waals surface area contributed by atoms with Crippen molar-refractivity contribution in [2.75, 3.05) is 13.7 Å². The van der Waals surface area contributed by atoms with Crippen molar-refractivity contribution >= 4 is 0 Å². The van der Waals surface area contributed by atoms with Gasteiger partial charge in [0.1, 0.15) is 0 Å². The van der Waals surface area contributed by atoms with Gasteiger partial charge in [0.05, 0.1) is 19.0 Å². The second-order valence-corrected chi connectivity index (χ2v) is 4.39. The van der Waals surface area contributed by atoms with E-state index in [1.165, 1.54) is 25.7 Å². The van der Waals surface area contributed by atoms with E-state index >= 15 is 0 Å². The molecule has 2 unspecified atom stereocenters. The summed E-state index contributed by atoms with van der Waals surface area (Å²) in [6, 6.07) is 0.538. The first-order valence-corrected chi connectivity index (χ1v) is 6.15. The molecule has 0 amide bonds. The van der Waals surface area contributed by atoms with Gasteiger partial charge in [-0.1, -0.05) is 12.8 Å². The Bertz CT molecular complexity index is 286. The van der Waals surface area contributed by atoms with Crippen LogP contribution in [0.2, 0.25) is 0 Å². The van der Waals surface area contributed by atoms with Crippen LogP contribution in [0.25, 0.3) is 0 Å². The molecule has 0 aliphatic heterocycles. The molecule has 0 saturated heterocycles. The topological polar surface area (TPSA) is 39.1 Å². The van der Waals surface area contributed by atoms with Gasteiger partial charge in [0.15, 0.2) is 0 Å². The first-order chi connectivity index (χ1) is 7.90. The average Bonchev–Trinajstić information content (AvgIpc) is 2.83. The van der Waals surface area contributed by atoms with Gasteiger partial charge in [-0.05, 0) is 19.9 Å². The monoisotopic (exact) mass is 223 g/mol. The molecule has 90 valence electrons. The molecule has 1 heterocycles. The Labute approximate surface area is 97.0 Å². The fourth-order valence-electron chi connectivity index (χ4n) is 2.36. The largest absolute Gasteiger partial charge is 0.375 e. The lowest BCUT2D eigenvalue weighted by Crippen LogP contribution is -2.42. The second kappa shape index (κ2) is 6.01. The molecule has 1 aromatic heterocycles. The van der Waals surface area contributed by atoms with Crippen molar-refractivity contribution in [3.63, 3.8) is 0 Å². The van der Waals surface area contributed by atoms with Crippen molar-refractivity contribution in [3.8, 4) is 0 Å². The number of rotatable bonds is 5. The van der Waals surface area contributed by atoms with Gasteiger partial charge in [0.25, 0.3) is 0 Å². The predicted octanol–water partition coefficient (Wildman–Crippen LogP) is 1.43. The third-order valence-corrected chi connectivity index (χ3v) is 3.31. The van der Waals surface area contributed by atoms with Crippen LogP contribution in [0.15, 0.2) is 18.7 Å². The lowest BCUT2D eigenvalue weighted by molar-refractivity contribution is 0.00340. The molecule has 2 rings (SSSR count). The summed E-state index contributed by atoms with van der Waals surface area (Å²) in [4.78, 5) is 4.01. The van der Waals surface area contributed by atoms with Crippen LogP contribution >= 0.6 is 0 Å². The number of nitrogens with zero attached hydrogens (tertiary/aromatic N) is 2. The average molecular weight is 223 g/mol. The standard InChI is InChI=1S/C12H21N3O/c1-13-11-4-2-3-5-12(11)16-9-8-15-7-6-14-10-15/h6-7,10-13H,2-5,8-9H2,1H3. The van der Waals surface area contributed by atoms with E-state index in [-0.39, 0.29) is 0 Å². The fraction of sp³-hybridized carbons (Fsp3) is 0.750. The summed E-state index contributed by atoms with van der Waals surface area (Å²) in [5.74, 6) is 0. The normalized spacial score (nSPS) is 25.8. The first-order valence-electron chi connectivity index (χ1n) is 6.15. The van der Waals surface area contributed by atoms with Gasteiger partial charge in [-0.25, -0.2) is 4.98 Å². The van der Waals surface area contributed by atoms with Crippen LogP contribution in [0.3, 0.4) is 0 Å². The molecule has 1 fully saturated rings. The number of aromatic nitrogens is 2. The maximum absolute atomic E-state index is 5.95. The van der Waals surface area contributed by atoms with Gasteiger partial charge in [-0.2, -0.15) is 0 Å².